The van der Waals surface area contributed by atoms with Gasteiger partial charge >= 0.3 is 5.97 Å². The van der Waals surface area contributed by atoms with Gasteiger partial charge in [0.2, 0.25) is 11.8 Å². The highest BCUT2D eigenvalue weighted by atomic mass is 16.5. The van der Waals surface area contributed by atoms with Crippen LogP contribution < -0.4 is 10.6 Å². The number of imide groups is 1. The van der Waals surface area contributed by atoms with E-state index in [-0.39, 0.29) is 37.4 Å². The van der Waals surface area contributed by atoms with Gasteiger partial charge < -0.3 is 29.7 Å². The van der Waals surface area contributed by atoms with Gasteiger partial charge in [0.05, 0.1) is 39.5 Å². The molecule has 1 aromatic carbocycles. The standard InChI is InChI=1S/C9H9NO2.C8H16O4.C5H12O2.C4H5NO2.C2H6/c1-10-9(12)8-5-3-2-4-7(8)6-11;1-2-4-11-6-7-12-5-3-8(9)10;1-2-4-7-5-3-6;6-3-1-2-4(7)5-3;1-2/h2-6H,1H3,(H,10,12);2-7H2,1H3,(H,9,10);6H,2-5H2,1H3;1-2H2,(H,5,6,7);1-2H3. The smallest absolute Gasteiger partial charge is 0.305 e. The molecule has 12 heteroatoms. The van der Waals surface area contributed by atoms with Crippen molar-refractivity contribution in [3.63, 3.8) is 0 Å². The summed E-state index contributed by atoms with van der Waals surface area (Å²) in [6.07, 6.45) is 3.51. The van der Waals surface area contributed by atoms with Crippen LogP contribution in [0.2, 0.25) is 0 Å². The van der Waals surface area contributed by atoms with Crippen molar-refractivity contribution in [2.75, 3.05) is 53.3 Å². The summed E-state index contributed by atoms with van der Waals surface area (Å²) in [5.74, 6) is -1.36. The molecule has 0 aromatic heterocycles. The van der Waals surface area contributed by atoms with Crippen molar-refractivity contribution in [2.24, 2.45) is 0 Å². The van der Waals surface area contributed by atoms with Crippen molar-refractivity contribution in [3.05, 3.63) is 35.4 Å². The lowest BCUT2D eigenvalue weighted by molar-refractivity contribution is -0.138. The Kier molecular flexibility index (Phi) is 33.1. The Morgan fingerprint density at radius 1 is 0.900 bits per heavy atom. The molecule has 0 spiro atoms. The molecule has 40 heavy (non-hydrogen) atoms. The fourth-order valence-electron chi connectivity index (χ4n) is 2.39. The highest BCUT2D eigenvalue weighted by Gasteiger charge is 2.15. The number of aliphatic carboxylic acids is 1. The summed E-state index contributed by atoms with van der Waals surface area (Å²) in [5, 5.41) is 21.0. The topological polar surface area (TPSA) is 178 Å². The van der Waals surface area contributed by atoms with Crippen molar-refractivity contribution in [2.45, 2.75) is 59.8 Å². The molecule has 1 fully saturated rings. The van der Waals surface area contributed by atoms with Gasteiger partial charge in [0, 0.05) is 44.2 Å². The van der Waals surface area contributed by atoms with Crippen LogP contribution in [0.1, 0.15) is 80.5 Å². The number of carboxylic acid groups (broad SMARTS) is 1. The van der Waals surface area contributed by atoms with Gasteiger partial charge in [0.25, 0.3) is 5.91 Å². The number of carbonyl (C=O) groups is 5. The zero-order chi connectivity index (χ0) is 31.0. The second-order valence-electron chi connectivity index (χ2n) is 7.46. The average molecular weight is 573 g/mol. The van der Waals surface area contributed by atoms with Gasteiger partial charge in [-0.2, -0.15) is 0 Å². The van der Waals surface area contributed by atoms with Crippen LogP contribution in [0.15, 0.2) is 24.3 Å². The van der Waals surface area contributed by atoms with E-state index in [2.05, 4.69) is 10.6 Å². The minimum absolute atomic E-state index is 0.0633. The summed E-state index contributed by atoms with van der Waals surface area (Å²) >= 11 is 0. The van der Waals surface area contributed by atoms with E-state index in [1.807, 2.05) is 27.7 Å². The van der Waals surface area contributed by atoms with Crippen LogP contribution in [-0.2, 0) is 28.6 Å². The van der Waals surface area contributed by atoms with E-state index in [1.54, 1.807) is 24.3 Å². The number of hydrogen-bond acceptors (Lipinski definition) is 9. The van der Waals surface area contributed by atoms with Crippen molar-refractivity contribution in [3.8, 4) is 0 Å². The van der Waals surface area contributed by atoms with Gasteiger partial charge in [0.15, 0.2) is 6.29 Å². The number of aldehydes is 1. The molecule has 4 N–H and O–H groups in total. The molecule has 230 valence electrons. The maximum Gasteiger partial charge on any atom is 0.305 e. The van der Waals surface area contributed by atoms with E-state index in [4.69, 9.17) is 24.4 Å². The Morgan fingerprint density at radius 3 is 1.80 bits per heavy atom. The van der Waals surface area contributed by atoms with Gasteiger partial charge in [-0.1, -0.05) is 45.9 Å². The molecule has 0 aliphatic carbocycles. The predicted molar refractivity (Wildman–Crippen MR) is 151 cm³/mol. The van der Waals surface area contributed by atoms with Crippen LogP contribution >= 0.6 is 0 Å². The Hall–Kier alpha value is -3.19. The van der Waals surface area contributed by atoms with E-state index >= 15 is 0 Å². The van der Waals surface area contributed by atoms with E-state index < -0.39 is 5.97 Å². The molecule has 1 saturated heterocycles. The Morgan fingerprint density at radius 2 is 1.40 bits per heavy atom. The lowest BCUT2D eigenvalue weighted by Crippen LogP contribution is -2.19. The summed E-state index contributed by atoms with van der Waals surface area (Å²) in [4.78, 5) is 51.9. The fraction of sp³-hybridized carbons (Fsp3) is 0.607. The van der Waals surface area contributed by atoms with Crippen LogP contribution in [0, 0.1) is 0 Å². The Bertz CT molecular complexity index is 785. The molecule has 12 nitrogen and oxygen atoms in total. The minimum Gasteiger partial charge on any atom is -0.481 e. The van der Waals surface area contributed by atoms with Crippen LogP contribution in [0.25, 0.3) is 0 Å². The number of rotatable bonds is 14. The highest BCUT2D eigenvalue weighted by molar-refractivity contribution is 6.02. The number of benzene rings is 1. The summed E-state index contributed by atoms with van der Waals surface area (Å²) in [7, 11) is 1.53. The number of carbonyl (C=O) groups excluding carboxylic acids is 4. The largest absolute Gasteiger partial charge is 0.481 e. The molecule has 1 heterocycles. The van der Waals surface area contributed by atoms with Crippen LogP contribution in [0.3, 0.4) is 0 Å². The van der Waals surface area contributed by atoms with Gasteiger partial charge in [-0.15, -0.1) is 0 Å². The van der Waals surface area contributed by atoms with E-state index in [1.165, 1.54) is 7.05 Å². The molecule has 0 atom stereocenters. The van der Waals surface area contributed by atoms with E-state index in [9.17, 15) is 24.0 Å². The lowest BCUT2D eigenvalue weighted by Gasteiger charge is -2.02. The third kappa shape index (κ3) is 27.8. The van der Waals surface area contributed by atoms with Crippen LogP contribution in [0.5, 0.6) is 0 Å². The summed E-state index contributed by atoms with van der Waals surface area (Å²) in [6.45, 7) is 11.5. The van der Waals surface area contributed by atoms with Gasteiger partial charge in [-0.25, -0.2) is 0 Å². The average Bonchev–Trinajstić information content (AvgIpc) is 3.36. The Balaban J connectivity index is -0.000000459. The first-order valence-electron chi connectivity index (χ1n) is 13.4. The van der Waals surface area contributed by atoms with Gasteiger partial charge in [-0.3, -0.25) is 29.3 Å². The minimum atomic E-state index is -0.829. The maximum atomic E-state index is 11.1. The number of aliphatic hydroxyl groups excluding tert-OH is 1. The summed E-state index contributed by atoms with van der Waals surface area (Å²) < 4.78 is 15.0. The van der Waals surface area contributed by atoms with Crippen LogP contribution in [0.4, 0.5) is 0 Å². The molecule has 0 radical (unpaired) electrons. The van der Waals surface area contributed by atoms with Crippen molar-refractivity contribution in [1.82, 2.24) is 10.6 Å². The predicted octanol–water partition coefficient (Wildman–Crippen LogP) is 2.62. The molecule has 3 amide bonds. The molecule has 0 bridgehead atoms. The summed E-state index contributed by atoms with van der Waals surface area (Å²) in [5.41, 5.74) is 0.826. The van der Waals surface area contributed by atoms with E-state index in [0.29, 0.717) is 50.1 Å². The molecular formula is C28H48N2O10. The van der Waals surface area contributed by atoms with Crippen LogP contribution in [-0.4, -0.2) is 93.5 Å². The quantitative estimate of drug-likeness (QED) is 0.147. The second-order valence-corrected chi connectivity index (χ2v) is 7.46. The maximum absolute atomic E-state index is 11.1. The molecule has 1 aliphatic rings. The van der Waals surface area contributed by atoms with E-state index in [0.717, 1.165) is 26.1 Å². The number of ether oxygens (including phenoxy) is 3. The first kappa shape index (κ1) is 41.3. The van der Waals surface area contributed by atoms with Gasteiger partial charge in [-0.05, 0) is 18.9 Å². The van der Waals surface area contributed by atoms with Crippen molar-refractivity contribution >= 4 is 30.0 Å². The third-order valence-electron chi connectivity index (χ3n) is 4.18. The normalized spacial score (nSPS) is 11.1. The number of hydrogen-bond donors (Lipinski definition) is 4. The highest BCUT2D eigenvalue weighted by Crippen LogP contribution is 2.05. The molecular weight excluding hydrogens is 524 g/mol. The van der Waals surface area contributed by atoms with Crippen molar-refractivity contribution < 1.29 is 48.4 Å². The molecule has 1 aromatic rings. The molecule has 2 rings (SSSR count). The number of nitrogens with one attached hydrogen (secondary N) is 2. The zero-order valence-corrected chi connectivity index (χ0v) is 24.5. The third-order valence-corrected chi connectivity index (χ3v) is 4.18. The SMILES string of the molecule is CC.CCCOCCO.CCCOCCOCCC(=O)O.CNC(=O)c1ccccc1C=O.O=C1CCC(=O)N1. The molecule has 0 saturated carbocycles. The lowest BCUT2D eigenvalue weighted by atomic mass is 10.1. The number of carboxylic acids is 1. The fourth-order valence-corrected chi connectivity index (χ4v) is 2.39. The second kappa shape index (κ2) is 32.0. The monoisotopic (exact) mass is 572 g/mol. The first-order valence-corrected chi connectivity index (χ1v) is 13.4. The van der Waals surface area contributed by atoms with Crippen molar-refractivity contribution in [1.29, 1.82) is 0 Å². The number of aliphatic hydroxyl groups is 1. The zero-order valence-electron chi connectivity index (χ0n) is 24.5. The molecule has 0 unspecified atom stereocenters. The Labute approximate surface area is 237 Å². The number of amides is 3. The molecule has 1 aliphatic heterocycles. The first-order chi connectivity index (χ1) is 19.3. The summed E-state index contributed by atoms with van der Waals surface area (Å²) in [6, 6.07) is 6.66. The van der Waals surface area contributed by atoms with Gasteiger partial charge in [0.1, 0.15) is 0 Å².